The Labute approximate surface area is 201 Å². The van der Waals surface area contributed by atoms with E-state index >= 15 is 0 Å². The number of carbonyl (C=O) groups excluding carboxylic acids is 1. The summed E-state index contributed by atoms with van der Waals surface area (Å²) < 4.78 is 22.1. The SMILES string of the molecule is COc1cc([C@@H]2c3cc4nc5ccccc5nc4cc3[C@H](O)[C@H]3COC(=O)[C@H]23)cc(OC)c1OC. The Balaban J connectivity index is 1.63. The van der Waals surface area contributed by atoms with Gasteiger partial charge in [-0.1, -0.05) is 12.1 Å². The third-order valence-corrected chi connectivity index (χ3v) is 7.16. The predicted octanol–water partition coefficient (Wildman–Crippen LogP) is 3.78. The molecule has 0 bridgehead atoms. The van der Waals surface area contributed by atoms with E-state index in [1.165, 1.54) is 0 Å². The molecule has 4 atom stereocenters. The summed E-state index contributed by atoms with van der Waals surface area (Å²) in [5, 5.41) is 11.3. The molecule has 1 N–H and O–H groups in total. The van der Waals surface area contributed by atoms with Crippen molar-refractivity contribution in [3.8, 4) is 17.2 Å². The lowest BCUT2D eigenvalue weighted by Crippen LogP contribution is -2.34. The van der Waals surface area contributed by atoms with Crippen molar-refractivity contribution in [1.82, 2.24) is 9.97 Å². The number of ether oxygens (including phenoxy) is 4. The van der Waals surface area contributed by atoms with Crippen molar-refractivity contribution >= 4 is 28.0 Å². The van der Waals surface area contributed by atoms with Crippen LogP contribution in [0, 0.1) is 11.8 Å². The summed E-state index contributed by atoms with van der Waals surface area (Å²) in [6, 6.07) is 15.2. The fourth-order valence-electron chi connectivity index (χ4n) is 5.54. The van der Waals surface area contributed by atoms with Crippen molar-refractivity contribution in [2.75, 3.05) is 27.9 Å². The Morgan fingerprint density at radius 3 is 2.03 bits per heavy atom. The number of hydrogen-bond donors (Lipinski definition) is 1. The van der Waals surface area contributed by atoms with Crippen molar-refractivity contribution in [3.63, 3.8) is 0 Å². The summed E-state index contributed by atoms with van der Waals surface area (Å²) >= 11 is 0. The normalized spacial score (nSPS) is 23.0. The van der Waals surface area contributed by atoms with E-state index in [2.05, 4.69) is 0 Å². The Morgan fingerprint density at radius 2 is 1.46 bits per heavy atom. The predicted molar refractivity (Wildman–Crippen MR) is 128 cm³/mol. The topological polar surface area (TPSA) is 100 Å². The molecule has 8 nitrogen and oxygen atoms in total. The molecule has 1 saturated heterocycles. The van der Waals surface area contributed by atoms with Crippen LogP contribution >= 0.6 is 0 Å². The Hall–Kier alpha value is -3.91. The molecule has 1 aliphatic carbocycles. The number of aromatic nitrogens is 2. The van der Waals surface area contributed by atoms with Crippen molar-refractivity contribution in [2.45, 2.75) is 12.0 Å². The van der Waals surface area contributed by atoms with Crippen molar-refractivity contribution in [1.29, 1.82) is 0 Å². The van der Waals surface area contributed by atoms with E-state index in [-0.39, 0.29) is 18.5 Å². The Kier molecular flexibility index (Phi) is 5.00. The summed E-state index contributed by atoms with van der Waals surface area (Å²) in [6.45, 7) is 0.159. The number of benzene rings is 3. The lowest BCUT2D eigenvalue weighted by molar-refractivity contribution is -0.141. The summed E-state index contributed by atoms with van der Waals surface area (Å²) in [5.74, 6) is -0.233. The molecule has 1 aliphatic heterocycles. The fraction of sp³-hybridized carbons (Fsp3) is 0.296. The summed E-state index contributed by atoms with van der Waals surface area (Å²) in [7, 11) is 4.66. The molecule has 35 heavy (non-hydrogen) atoms. The Bertz CT molecular complexity index is 1460. The van der Waals surface area contributed by atoms with Gasteiger partial charge < -0.3 is 24.1 Å². The molecule has 3 aromatic carbocycles. The maximum Gasteiger partial charge on any atom is 0.310 e. The number of carbonyl (C=O) groups is 1. The van der Waals surface area contributed by atoms with Gasteiger partial charge in [0.05, 0.1) is 62.0 Å². The lowest BCUT2D eigenvalue weighted by Gasteiger charge is -2.37. The zero-order chi connectivity index (χ0) is 24.3. The molecule has 1 fully saturated rings. The van der Waals surface area contributed by atoms with E-state index in [4.69, 9.17) is 28.9 Å². The number of hydrogen-bond acceptors (Lipinski definition) is 8. The number of methoxy groups -OCH3 is 3. The molecule has 0 radical (unpaired) electrons. The molecular weight excluding hydrogens is 448 g/mol. The second kappa shape index (κ2) is 8.09. The van der Waals surface area contributed by atoms with Gasteiger partial charge in [-0.3, -0.25) is 4.79 Å². The van der Waals surface area contributed by atoms with Crippen LogP contribution in [0.5, 0.6) is 17.2 Å². The number of cyclic esters (lactones) is 1. The number of esters is 1. The molecule has 8 heteroatoms. The summed E-state index contributed by atoms with van der Waals surface area (Å²) in [5.41, 5.74) is 5.27. The molecule has 0 unspecified atom stereocenters. The van der Waals surface area contributed by atoms with E-state index in [1.54, 1.807) is 21.3 Å². The third-order valence-electron chi connectivity index (χ3n) is 7.16. The first-order chi connectivity index (χ1) is 17.0. The molecule has 4 aromatic rings. The van der Waals surface area contributed by atoms with Gasteiger partial charge in [-0.25, -0.2) is 9.97 Å². The van der Waals surface area contributed by atoms with Gasteiger partial charge in [0.25, 0.3) is 0 Å². The molecule has 2 aliphatic rings. The molecule has 1 aromatic heterocycles. The van der Waals surface area contributed by atoms with Crippen LogP contribution in [0.3, 0.4) is 0 Å². The second-order valence-electron chi connectivity index (χ2n) is 8.88. The van der Waals surface area contributed by atoms with Gasteiger partial charge in [0.2, 0.25) is 5.75 Å². The van der Waals surface area contributed by atoms with Crippen LogP contribution in [-0.2, 0) is 9.53 Å². The average molecular weight is 472 g/mol. The van der Waals surface area contributed by atoms with Crippen molar-refractivity contribution in [2.24, 2.45) is 11.8 Å². The monoisotopic (exact) mass is 472 g/mol. The highest BCUT2D eigenvalue weighted by Crippen LogP contribution is 2.53. The minimum absolute atomic E-state index is 0.159. The molecule has 0 spiro atoms. The van der Waals surface area contributed by atoms with Gasteiger partial charge in [-0.15, -0.1) is 0 Å². The minimum Gasteiger partial charge on any atom is -0.493 e. The zero-order valence-corrected chi connectivity index (χ0v) is 19.5. The van der Waals surface area contributed by atoms with Crippen molar-refractivity contribution in [3.05, 3.63) is 65.2 Å². The maximum atomic E-state index is 13.0. The van der Waals surface area contributed by atoms with Crippen LogP contribution in [0.15, 0.2) is 48.5 Å². The largest absolute Gasteiger partial charge is 0.493 e. The number of para-hydroxylation sites is 2. The number of fused-ring (bicyclic) bond motifs is 4. The van der Waals surface area contributed by atoms with Gasteiger partial charge in [0.1, 0.15) is 0 Å². The zero-order valence-electron chi connectivity index (χ0n) is 19.5. The van der Waals surface area contributed by atoms with E-state index in [1.807, 2.05) is 48.5 Å². The first-order valence-electron chi connectivity index (χ1n) is 11.4. The summed E-state index contributed by atoms with van der Waals surface area (Å²) in [4.78, 5) is 22.5. The smallest absolute Gasteiger partial charge is 0.310 e. The van der Waals surface area contributed by atoms with E-state index in [0.29, 0.717) is 28.3 Å². The van der Waals surface area contributed by atoms with Gasteiger partial charge in [-0.05, 0) is 53.1 Å². The number of nitrogens with zero attached hydrogens (tertiary/aromatic N) is 2. The molecule has 0 amide bonds. The van der Waals surface area contributed by atoms with Gasteiger partial charge >= 0.3 is 5.97 Å². The molecular formula is C27H24N2O6. The van der Waals surface area contributed by atoms with Gasteiger partial charge in [0.15, 0.2) is 11.5 Å². The molecule has 178 valence electrons. The van der Waals surface area contributed by atoms with Crippen LogP contribution < -0.4 is 14.2 Å². The lowest BCUT2D eigenvalue weighted by atomic mass is 9.66. The number of aliphatic hydroxyl groups is 1. The van der Waals surface area contributed by atoms with E-state index < -0.39 is 17.9 Å². The van der Waals surface area contributed by atoms with Crippen LogP contribution in [0.4, 0.5) is 0 Å². The van der Waals surface area contributed by atoms with Crippen LogP contribution in [-0.4, -0.2) is 49.0 Å². The standard InChI is InChI=1S/C27H24N2O6/c1-32-21-8-13(9-22(33-2)26(21)34-3)23-14-10-19-20(29-18-7-5-4-6-17(18)28-19)11-15(14)25(30)16-12-35-27(31)24(16)23/h4-11,16,23-25,30H,12H2,1-3H3/t16-,23+,24-,25-/m0/s1. The van der Waals surface area contributed by atoms with E-state index in [9.17, 15) is 9.90 Å². The quantitative estimate of drug-likeness (QED) is 0.354. The highest BCUT2D eigenvalue weighted by Gasteiger charge is 2.52. The fourth-order valence-corrected chi connectivity index (χ4v) is 5.54. The van der Waals surface area contributed by atoms with Crippen LogP contribution in [0.2, 0.25) is 0 Å². The minimum atomic E-state index is -0.864. The third kappa shape index (κ3) is 3.20. The second-order valence-corrected chi connectivity index (χ2v) is 8.88. The van der Waals surface area contributed by atoms with Gasteiger partial charge in [-0.2, -0.15) is 0 Å². The first kappa shape index (κ1) is 21.6. The summed E-state index contributed by atoms with van der Waals surface area (Å²) in [6.07, 6.45) is -0.864. The number of aliphatic hydroxyl groups excluding tert-OH is 1. The van der Waals surface area contributed by atoms with Crippen LogP contribution in [0.1, 0.15) is 28.7 Å². The highest BCUT2D eigenvalue weighted by atomic mass is 16.5. The molecule has 2 heterocycles. The van der Waals surface area contributed by atoms with E-state index in [0.717, 1.165) is 27.7 Å². The van der Waals surface area contributed by atoms with Crippen LogP contribution in [0.25, 0.3) is 22.1 Å². The maximum absolute atomic E-state index is 13.0. The highest BCUT2D eigenvalue weighted by molar-refractivity contribution is 5.88. The Morgan fingerprint density at radius 1 is 0.857 bits per heavy atom. The first-order valence-corrected chi connectivity index (χ1v) is 11.4. The van der Waals surface area contributed by atoms with Crippen molar-refractivity contribution < 1.29 is 28.8 Å². The van der Waals surface area contributed by atoms with Gasteiger partial charge in [0, 0.05) is 11.8 Å². The molecule has 0 saturated carbocycles. The average Bonchev–Trinajstić information content (AvgIpc) is 3.27. The molecule has 6 rings (SSSR count). The number of rotatable bonds is 4.